The predicted molar refractivity (Wildman–Crippen MR) is 57.3 cm³/mol. The van der Waals surface area contributed by atoms with Crippen molar-refractivity contribution in [2.75, 3.05) is 0 Å². The van der Waals surface area contributed by atoms with E-state index in [2.05, 4.69) is 0 Å². The van der Waals surface area contributed by atoms with Crippen LogP contribution in [-0.4, -0.2) is 24.9 Å². The topological polar surface area (TPSA) is 54.4 Å². The van der Waals surface area contributed by atoms with Gasteiger partial charge in [0.25, 0.3) is 0 Å². The van der Waals surface area contributed by atoms with Crippen molar-refractivity contribution in [2.24, 2.45) is 0 Å². The number of sulfone groups is 1. The summed E-state index contributed by atoms with van der Waals surface area (Å²) in [6.07, 6.45) is 1.08. The highest BCUT2D eigenvalue weighted by Gasteiger charge is 2.34. The average Bonchev–Trinajstić information content (AvgIpc) is 2.67. The third kappa shape index (κ3) is 2.06. The molecule has 3 nitrogen and oxygen atoms in total. The Morgan fingerprint density at radius 2 is 1.80 bits per heavy atom. The molecule has 15 heavy (non-hydrogen) atoms. The summed E-state index contributed by atoms with van der Waals surface area (Å²) in [5, 5.41) is 8.94. The highest BCUT2D eigenvalue weighted by molar-refractivity contribution is 7.92. The van der Waals surface area contributed by atoms with Crippen LogP contribution in [0.4, 0.5) is 0 Å². The summed E-state index contributed by atoms with van der Waals surface area (Å²) in [5.74, 6) is 0. The quantitative estimate of drug-likeness (QED) is 0.828. The van der Waals surface area contributed by atoms with Gasteiger partial charge in [0.15, 0.2) is 9.84 Å². The fourth-order valence-electron chi connectivity index (χ4n) is 2.00. The lowest BCUT2D eigenvalue weighted by molar-refractivity contribution is 0.183. The van der Waals surface area contributed by atoms with Crippen LogP contribution in [0.15, 0.2) is 35.2 Å². The van der Waals surface area contributed by atoms with Crippen LogP contribution < -0.4 is 0 Å². The lowest BCUT2D eigenvalue weighted by Gasteiger charge is -2.10. The van der Waals surface area contributed by atoms with Gasteiger partial charge in [-0.3, -0.25) is 0 Å². The summed E-state index contributed by atoms with van der Waals surface area (Å²) in [4.78, 5) is 0.365. The summed E-state index contributed by atoms with van der Waals surface area (Å²) in [5.41, 5.74) is 0. The zero-order valence-corrected chi connectivity index (χ0v) is 9.15. The van der Waals surface area contributed by atoms with Gasteiger partial charge in [-0.15, -0.1) is 0 Å². The molecule has 1 aromatic rings. The highest BCUT2D eigenvalue weighted by Crippen LogP contribution is 2.29. The average molecular weight is 226 g/mol. The first-order valence-corrected chi connectivity index (χ1v) is 6.62. The van der Waals surface area contributed by atoms with Crippen LogP contribution in [0.2, 0.25) is 0 Å². The van der Waals surface area contributed by atoms with Crippen LogP contribution in [-0.2, 0) is 9.84 Å². The van der Waals surface area contributed by atoms with Crippen molar-refractivity contribution in [1.29, 1.82) is 0 Å². The van der Waals surface area contributed by atoms with Crippen molar-refractivity contribution >= 4 is 9.84 Å². The minimum atomic E-state index is -3.23. The van der Waals surface area contributed by atoms with E-state index in [1.165, 1.54) is 0 Å². The molecular weight excluding hydrogens is 212 g/mol. The molecule has 4 heteroatoms. The Morgan fingerprint density at radius 1 is 1.13 bits per heavy atom. The lowest BCUT2D eigenvalue weighted by atomic mass is 10.3. The van der Waals surface area contributed by atoms with Crippen molar-refractivity contribution in [1.82, 2.24) is 0 Å². The summed E-state index contributed by atoms with van der Waals surface area (Å²) in [7, 11) is -3.23. The molecule has 2 unspecified atom stereocenters. The third-order valence-corrected chi connectivity index (χ3v) is 5.10. The highest BCUT2D eigenvalue weighted by atomic mass is 32.2. The maximum Gasteiger partial charge on any atom is 0.181 e. The van der Waals surface area contributed by atoms with Crippen LogP contribution in [0.1, 0.15) is 19.3 Å². The summed E-state index contributed by atoms with van der Waals surface area (Å²) < 4.78 is 24.1. The third-order valence-electron chi connectivity index (χ3n) is 2.87. The molecule has 1 aliphatic rings. The Kier molecular flexibility index (Phi) is 2.80. The molecule has 0 amide bonds. The van der Waals surface area contributed by atoms with Crippen LogP contribution in [0, 0.1) is 0 Å². The van der Waals surface area contributed by atoms with E-state index in [0.717, 1.165) is 0 Å². The number of hydrogen-bond donors (Lipinski definition) is 1. The van der Waals surface area contributed by atoms with Gasteiger partial charge in [-0.25, -0.2) is 8.42 Å². The molecule has 0 aromatic heterocycles. The van der Waals surface area contributed by atoms with E-state index in [0.29, 0.717) is 24.2 Å². The fraction of sp³-hybridized carbons (Fsp3) is 0.455. The van der Waals surface area contributed by atoms with Gasteiger partial charge in [0.1, 0.15) is 0 Å². The van der Waals surface area contributed by atoms with Crippen LogP contribution in [0.5, 0.6) is 0 Å². The normalized spacial score (nSPS) is 26.7. The first-order chi connectivity index (χ1) is 7.10. The second kappa shape index (κ2) is 3.94. The number of benzene rings is 1. The Bertz CT molecular complexity index is 424. The molecule has 0 spiro atoms. The van der Waals surface area contributed by atoms with E-state index >= 15 is 0 Å². The van der Waals surface area contributed by atoms with E-state index in [9.17, 15) is 13.5 Å². The minimum Gasteiger partial charge on any atom is -0.393 e. The number of hydrogen-bond acceptors (Lipinski definition) is 3. The van der Waals surface area contributed by atoms with Crippen molar-refractivity contribution in [2.45, 2.75) is 35.5 Å². The molecule has 82 valence electrons. The molecule has 1 fully saturated rings. The molecule has 1 aromatic carbocycles. The van der Waals surface area contributed by atoms with E-state index in [1.54, 1.807) is 30.3 Å². The molecule has 0 radical (unpaired) electrons. The van der Waals surface area contributed by atoms with Gasteiger partial charge in [0, 0.05) is 0 Å². The fourth-order valence-corrected chi connectivity index (χ4v) is 3.85. The minimum absolute atomic E-state index is 0.365. The van der Waals surface area contributed by atoms with E-state index < -0.39 is 21.2 Å². The molecular formula is C11H14O3S. The van der Waals surface area contributed by atoms with Gasteiger partial charge in [-0.05, 0) is 31.4 Å². The lowest BCUT2D eigenvalue weighted by Crippen LogP contribution is -2.19. The summed E-state index contributed by atoms with van der Waals surface area (Å²) in [6, 6.07) is 8.46. The summed E-state index contributed by atoms with van der Waals surface area (Å²) in [6.45, 7) is 0. The first kappa shape index (κ1) is 10.6. The zero-order valence-electron chi connectivity index (χ0n) is 8.33. The van der Waals surface area contributed by atoms with Crippen molar-refractivity contribution in [3.05, 3.63) is 30.3 Å². The standard InChI is InChI=1S/C11H14O3S/c12-9-6-7-11(8-9)15(13,14)10-4-2-1-3-5-10/h1-5,9,11-12H,6-8H2. The van der Waals surface area contributed by atoms with Crippen LogP contribution in [0.25, 0.3) is 0 Å². The monoisotopic (exact) mass is 226 g/mol. The van der Waals surface area contributed by atoms with Crippen molar-refractivity contribution in [3.8, 4) is 0 Å². The Balaban J connectivity index is 2.28. The van der Waals surface area contributed by atoms with E-state index in [-0.39, 0.29) is 0 Å². The van der Waals surface area contributed by atoms with Crippen LogP contribution in [0.3, 0.4) is 0 Å². The Labute approximate surface area is 89.7 Å². The molecule has 0 heterocycles. The molecule has 1 saturated carbocycles. The molecule has 0 aliphatic heterocycles. The van der Waals surface area contributed by atoms with Gasteiger partial charge in [0.2, 0.25) is 0 Å². The second-order valence-electron chi connectivity index (χ2n) is 3.95. The maximum atomic E-state index is 12.1. The van der Waals surface area contributed by atoms with E-state index in [4.69, 9.17) is 0 Å². The van der Waals surface area contributed by atoms with Gasteiger partial charge in [-0.2, -0.15) is 0 Å². The number of aliphatic hydroxyl groups excluding tert-OH is 1. The first-order valence-electron chi connectivity index (χ1n) is 5.08. The SMILES string of the molecule is O=S(=O)(c1ccccc1)C1CCC(O)C1. The van der Waals surface area contributed by atoms with Gasteiger partial charge in [-0.1, -0.05) is 18.2 Å². The molecule has 2 rings (SSSR count). The smallest absolute Gasteiger partial charge is 0.181 e. The molecule has 0 bridgehead atoms. The maximum absolute atomic E-state index is 12.1. The Hall–Kier alpha value is -0.870. The predicted octanol–water partition coefficient (Wildman–Crippen LogP) is 1.37. The van der Waals surface area contributed by atoms with Gasteiger partial charge in [0.05, 0.1) is 16.2 Å². The largest absolute Gasteiger partial charge is 0.393 e. The van der Waals surface area contributed by atoms with Crippen molar-refractivity contribution in [3.63, 3.8) is 0 Å². The second-order valence-corrected chi connectivity index (χ2v) is 6.18. The van der Waals surface area contributed by atoms with Crippen molar-refractivity contribution < 1.29 is 13.5 Å². The zero-order chi connectivity index (χ0) is 10.9. The van der Waals surface area contributed by atoms with Gasteiger partial charge >= 0.3 is 0 Å². The Morgan fingerprint density at radius 3 is 2.33 bits per heavy atom. The van der Waals surface area contributed by atoms with Crippen LogP contribution >= 0.6 is 0 Å². The molecule has 1 aliphatic carbocycles. The molecule has 1 N–H and O–H groups in total. The molecule has 0 saturated heterocycles. The number of aliphatic hydroxyl groups is 1. The summed E-state index contributed by atoms with van der Waals surface area (Å²) >= 11 is 0. The van der Waals surface area contributed by atoms with E-state index in [1.807, 2.05) is 0 Å². The molecule has 2 atom stereocenters. The number of rotatable bonds is 2. The van der Waals surface area contributed by atoms with Gasteiger partial charge < -0.3 is 5.11 Å².